The molecule has 0 aromatic heterocycles. The van der Waals surface area contributed by atoms with Crippen molar-refractivity contribution < 1.29 is 4.79 Å². The summed E-state index contributed by atoms with van der Waals surface area (Å²) >= 11 is 11.9. The molecular weight excluding hydrogens is 283 g/mol. The molecular formula is C14H12Cl2N2O. The van der Waals surface area contributed by atoms with E-state index in [0.717, 1.165) is 5.56 Å². The van der Waals surface area contributed by atoms with Crippen LogP contribution in [0.15, 0.2) is 36.4 Å². The van der Waals surface area contributed by atoms with Gasteiger partial charge in [0.1, 0.15) is 0 Å². The summed E-state index contributed by atoms with van der Waals surface area (Å²) in [4.78, 5) is 12.1. The maximum atomic E-state index is 12.1. The van der Waals surface area contributed by atoms with Gasteiger partial charge < -0.3 is 11.1 Å². The maximum absolute atomic E-state index is 12.1. The molecule has 0 radical (unpaired) electrons. The highest BCUT2D eigenvalue weighted by atomic mass is 35.5. The molecule has 0 spiro atoms. The molecule has 0 fully saturated rings. The van der Waals surface area contributed by atoms with Crippen molar-refractivity contribution in [1.82, 2.24) is 0 Å². The monoisotopic (exact) mass is 294 g/mol. The normalized spacial score (nSPS) is 10.3. The van der Waals surface area contributed by atoms with Crippen LogP contribution in [0.4, 0.5) is 11.4 Å². The number of amides is 1. The molecule has 0 aliphatic carbocycles. The zero-order valence-electron chi connectivity index (χ0n) is 10.2. The zero-order valence-corrected chi connectivity index (χ0v) is 11.7. The second kappa shape index (κ2) is 5.51. The lowest BCUT2D eigenvalue weighted by molar-refractivity contribution is 0.102. The number of benzene rings is 2. The number of halogens is 2. The summed E-state index contributed by atoms with van der Waals surface area (Å²) < 4.78 is 0. The first-order chi connectivity index (χ1) is 8.97. The highest BCUT2D eigenvalue weighted by molar-refractivity contribution is 6.34. The zero-order chi connectivity index (χ0) is 14.0. The van der Waals surface area contributed by atoms with Crippen LogP contribution in [0.2, 0.25) is 10.0 Å². The lowest BCUT2D eigenvalue weighted by Gasteiger charge is -2.09. The van der Waals surface area contributed by atoms with Crippen molar-refractivity contribution in [3.05, 3.63) is 57.6 Å². The standard InChI is InChI=1S/C14H12Cl2N2O/c1-8-2-5-13(11(16)6-8)18-14(19)10-4-3-9(15)7-12(10)17/h2-7H,17H2,1H3,(H,18,19). The molecule has 0 saturated heterocycles. The van der Waals surface area contributed by atoms with Crippen LogP contribution < -0.4 is 11.1 Å². The third kappa shape index (κ3) is 3.19. The number of rotatable bonds is 2. The van der Waals surface area contributed by atoms with E-state index < -0.39 is 0 Å². The lowest BCUT2D eigenvalue weighted by atomic mass is 10.1. The Labute approximate surface area is 121 Å². The van der Waals surface area contributed by atoms with Gasteiger partial charge in [0.05, 0.1) is 16.3 Å². The number of nitrogens with one attached hydrogen (secondary N) is 1. The molecule has 2 rings (SSSR count). The van der Waals surface area contributed by atoms with Crippen molar-refractivity contribution in [1.29, 1.82) is 0 Å². The second-order valence-corrected chi connectivity index (χ2v) is 5.01. The van der Waals surface area contributed by atoms with Gasteiger partial charge in [-0.3, -0.25) is 4.79 Å². The molecule has 0 aliphatic heterocycles. The second-order valence-electron chi connectivity index (χ2n) is 4.17. The molecule has 0 bridgehead atoms. The van der Waals surface area contributed by atoms with Crippen molar-refractivity contribution in [2.45, 2.75) is 6.92 Å². The van der Waals surface area contributed by atoms with Gasteiger partial charge in [-0.15, -0.1) is 0 Å². The van der Waals surface area contributed by atoms with Crippen LogP contribution in [0.1, 0.15) is 15.9 Å². The summed E-state index contributed by atoms with van der Waals surface area (Å²) in [5, 5.41) is 3.70. The molecule has 2 aromatic rings. The van der Waals surface area contributed by atoms with Crippen LogP contribution in [0.25, 0.3) is 0 Å². The predicted octanol–water partition coefficient (Wildman–Crippen LogP) is 4.14. The number of nitrogens with two attached hydrogens (primary N) is 1. The number of hydrogen-bond donors (Lipinski definition) is 2. The van der Waals surface area contributed by atoms with Gasteiger partial charge in [-0.05, 0) is 42.8 Å². The number of aryl methyl sites for hydroxylation is 1. The Hall–Kier alpha value is -1.71. The summed E-state index contributed by atoms with van der Waals surface area (Å²) in [5.74, 6) is -0.320. The Morgan fingerprint density at radius 1 is 1.16 bits per heavy atom. The number of anilines is 2. The minimum Gasteiger partial charge on any atom is -0.398 e. The quantitative estimate of drug-likeness (QED) is 0.818. The summed E-state index contributed by atoms with van der Waals surface area (Å²) in [6.07, 6.45) is 0. The van der Waals surface area contributed by atoms with E-state index in [1.54, 1.807) is 24.3 Å². The van der Waals surface area contributed by atoms with Gasteiger partial charge in [0.25, 0.3) is 5.91 Å². The van der Waals surface area contributed by atoms with E-state index in [4.69, 9.17) is 28.9 Å². The molecule has 0 heterocycles. The van der Waals surface area contributed by atoms with Gasteiger partial charge in [-0.2, -0.15) is 0 Å². The van der Waals surface area contributed by atoms with E-state index in [9.17, 15) is 4.79 Å². The summed E-state index contributed by atoms with van der Waals surface area (Å²) in [6.45, 7) is 1.93. The van der Waals surface area contributed by atoms with Crippen LogP contribution in [0.3, 0.4) is 0 Å². The molecule has 0 aliphatic rings. The van der Waals surface area contributed by atoms with Crippen LogP contribution >= 0.6 is 23.2 Å². The van der Waals surface area contributed by atoms with Crippen LogP contribution in [-0.4, -0.2) is 5.91 Å². The van der Waals surface area contributed by atoms with Crippen LogP contribution in [0.5, 0.6) is 0 Å². The van der Waals surface area contributed by atoms with Crippen LogP contribution in [0, 0.1) is 6.92 Å². The maximum Gasteiger partial charge on any atom is 0.257 e. The first-order valence-corrected chi connectivity index (χ1v) is 6.35. The Kier molecular flexibility index (Phi) is 3.98. The molecule has 5 heteroatoms. The fraction of sp³-hybridized carbons (Fsp3) is 0.0714. The van der Waals surface area contributed by atoms with Gasteiger partial charge >= 0.3 is 0 Å². The Morgan fingerprint density at radius 2 is 1.89 bits per heavy atom. The summed E-state index contributed by atoms with van der Waals surface area (Å²) in [5.41, 5.74) is 8.02. The molecule has 98 valence electrons. The molecule has 3 N–H and O–H groups in total. The Morgan fingerprint density at radius 3 is 2.53 bits per heavy atom. The molecule has 2 aromatic carbocycles. The van der Waals surface area contributed by atoms with Crippen molar-refractivity contribution in [3.8, 4) is 0 Å². The van der Waals surface area contributed by atoms with Gasteiger partial charge in [-0.1, -0.05) is 29.3 Å². The smallest absolute Gasteiger partial charge is 0.257 e. The number of hydrogen-bond acceptors (Lipinski definition) is 2. The van der Waals surface area contributed by atoms with Crippen molar-refractivity contribution in [2.24, 2.45) is 0 Å². The topological polar surface area (TPSA) is 55.1 Å². The Bertz CT molecular complexity index is 641. The third-order valence-corrected chi connectivity index (χ3v) is 3.18. The average molecular weight is 295 g/mol. The predicted molar refractivity (Wildman–Crippen MR) is 80.0 cm³/mol. The molecule has 0 unspecified atom stereocenters. The van der Waals surface area contributed by atoms with E-state index in [0.29, 0.717) is 27.0 Å². The minimum absolute atomic E-state index is 0.320. The molecule has 0 atom stereocenters. The number of carbonyl (C=O) groups is 1. The molecule has 1 amide bonds. The van der Waals surface area contributed by atoms with Gasteiger partial charge in [-0.25, -0.2) is 0 Å². The van der Waals surface area contributed by atoms with Gasteiger partial charge in [0.15, 0.2) is 0 Å². The van der Waals surface area contributed by atoms with Gasteiger partial charge in [0, 0.05) is 10.7 Å². The van der Waals surface area contributed by atoms with E-state index in [2.05, 4.69) is 5.32 Å². The first kappa shape index (κ1) is 13.7. The fourth-order valence-electron chi connectivity index (χ4n) is 1.65. The molecule has 3 nitrogen and oxygen atoms in total. The Balaban J connectivity index is 2.25. The van der Waals surface area contributed by atoms with E-state index in [1.165, 1.54) is 6.07 Å². The van der Waals surface area contributed by atoms with E-state index >= 15 is 0 Å². The van der Waals surface area contributed by atoms with Crippen molar-refractivity contribution in [3.63, 3.8) is 0 Å². The van der Waals surface area contributed by atoms with Gasteiger partial charge in [0.2, 0.25) is 0 Å². The number of carbonyl (C=O) groups excluding carboxylic acids is 1. The summed E-state index contributed by atoms with van der Waals surface area (Å²) in [6, 6.07) is 10.1. The third-order valence-electron chi connectivity index (χ3n) is 2.63. The van der Waals surface area contributed by atoms with Crippen molar-refractivity contribution in [2.75, 3.05) is 11.1 Å². The SMILES string of the molecule is Cc1ccc(NC(=O)c2ccc(Cl)cc2N)c(Cl)c1. The lowest BCUT2D eigenvalue weighted by Crippen LogP contribution is -2.14. The van der Waals surface area contributed by atoms with Crippen LogP contribution in [-0.2, 0) is 0 Å². The molecule has 0 saturated carbocycles. The fourth-order valence-corrected chi connectivity index (χ4v) is 2.11. The van der Waals surface area contributed by atoms with E-state index in [-0.39, 0.29) is 5.91 Å². The summed E-state index contributed by atoms with van der Waals surface area (Å²) in [7, 11) is 0. The van der Waals surface area contributed by atoms with Crippen molar-refractivity contribution >= 4 is 40.5 Å². The molecule has 19 heavy (non-hydrogen) atoms. The number of nitrogen functional groups attached to an aromatic ring is 1. The average Bonchev–Trinajstić information content (AvgIpc) is 2.32. The minimum atomic E-state index is -0.320. The highest BCUT2D eigenvalue weighted by Gasteiger charge is 2.11. The largest absolute Gasteiger partial charge is 0.398 e. The highest BCUT2D eigenvalue weighted by Crippen LogP contribution is 2.25. The first-order valence-electron chi connectivity index (χ1n) is 5.60. The van der Waals surface area contributed by atoms with E-state index in [1.807, 2.05) is 13.0 Å².